The summed E-state index contributed by atoms with van der Waals surface area (Å²) in [7, 11) is 0. The van der Waals surface area contributed by atoms with Crippen molar-refractivity contribution in [2.24, 2.45) is 5.92 Å². The third-order valence-electron chi connectivity index (χ3n) is 2.04. The molecule has 0 spiro atoms. The molecule has 0 aromatic heterocycles. The van der Waals surface area contributed by atoms with Crippen LogP contribution in [0, 0.1) is 11.7 Å². The molecule has 0 bridgehead atoms. The predicted molar refractivity (Wildman–Crippen MR) is 64.4 cm³/mol. The molecule has 1 N–H and O–H groups in total. The minimum Gasteiger partial charge on any atom is -0.481 e. The van der Waals surface area contributed by atoms with E-state index < -0.39 is 11.8 Å². The molecule has 1 rings (SSSR count). The van der Waals surface area contributed by atoms with Crippen LogP contribution in [0.5, 0.6) is 0 Å². The Bertz CT molecular complexity index is 384. The average molecular weight is 263 g/mol. The lowest BCUT2D eigenvalue weighted by Gasteiger charge is -2.06. The number of thioether (sulfide) groups is 1. The van der Waals surface area contributed by atoms with Gasteiger partial charge >= 0.3 is 5.97 Å². The minimum absolute atomic E-state index is 0.101. The molecule has 2 nitrogen and oxygen atoms in total. The number of hydrogen-bond acceptors (Lipinski definition) is 2. The second-order valence-electron chi connectivity index (χ2n) is 3.50. The zero-order chi connectivity index (χ0) is 12.1. The summed E-state index contributed by atoms with van der Waals surface area (Å²) in [5.41, 5.74) is 0.897. The van der Waals surface area contributed by atoms with Gasteiger partial charge in [-0.25, -0.2) is 4.39 Å². The second kappa shape index (κ2) is 6.11. The first kappa shape index (κ1) is 13.3. The minimum atomic E-state index is -0.801. The highest BCUT2D eigenvalue weighted by Gasteiger charge is 2.10. The highest BCUT2D eigenvalue weighted by Crippen LogP contribution is 2.20. The number of carboxylic acid groups (broad SMARTS) is 1. The Morgan fingerprint density at radius 3 is 2.88 bits per heavy atom. The number of aliphatic carboxylic acids is 1. The van der Waals surface area contributed by atoms with Gasteiger partial charge in [0.05, 0.1) is 10.9 Å². The molecule has 16 heavy (non-hydrogen) atoms. The Morgan fingerprint density at radius 2 is 2.31 bits per heavy atom. The van der Waals surface area contributed by atoms with E-state index in [0.29, 0.717) is 11.5 Å². The highest BCUT2D eigenvalue weighted by atomic mass is 35.5. The van der Waals surface area contributed by atoms with Gasteiger partial charge in [0, 0.05) is 11.5 Å². The molecule has 0 aliphatic rings. The molecule has 0 fully saturated rings. The fourth-order valence-corrected chi connectivity index (χ4v) is 2.29. The molecule has 88 valence electrons. The number of halogens is 2. The van der Waals surface area contributed by atoms with Gasteiger partial charge in [0.1, 0.15) is 5.82 Å². The maximum Gasteiger partial charge on any atom is 0.307 e. The van der Waals surface area contributed by atoms with Crippen molar-refractivity contribution >= 4 is 29.3 Å². The number of benzene rings is 1. The van der Waals surface area contributed by atoms with E-state index >= 15 is 0 Å². The Kier molecular flexibility index (Phi) is 5.09. The summed E-state index contributed by atoms with van der Waals surface area (Å²) in [6, 6.07) is 4.54. The molecule has 1 aromatic rings. The van der Waals surface area contributed by atoms with Gasteiger partial charge in [-0.05, 0) is 17.7 Å². The third-order valence-corrected chi connectivity index (χ3v) is 3.60. The Balaban J connectivity index is 2.43. The average Bonchev–Trinajstić information content (AvgIpc) is 2.23. The fourth-order valence-electron chi connectivity index (χ4n) is 1.05. The van der Waals surface area contributed by atoms with Gasteiger partial charge in [-0.3, -0.25) is 4.79 Å². The molecule has 0 heterocycles. The summed E-state index contributed by atoms with van der Waals surface area (Å²) in [5.74, 6) is -0.443. The fraction of sp³-hybridized carbons (Fsp3) is 0.364. The van der Waals surface area contributed by atoms with Gasteiger partial charge in [-0.1, -0.05) is 24.6 Å². The van der Waals surface area contributed by atoms with Crippen LogP contribution in [0.4, 0.5) is 4.39 Å². The van der Waals surface area contributed by atoms with E-state index in [0.717, 1.165) is 5.56 Å². The molecule has 0 amide bonds. The van der Waals surface area contributed by atoms with Crippen LogP contribution in [0.2, 0.25) is 5.02 Å². The summed E-state index contributed by atoms with van der Waals surface area (Å²) in [4.78, 5) is 10.6. The standard InChI is InChI=1S/C11H12ClFO2S/c1-7(11(14)15)5-16-6-8-2-3-10(13)9(12)4-8/h2-4,7H,5-6H2,1H3,(H,14,15). The van der Waals surface area contributed by atoms with Crippen molar-refractivity contribution in [1.29, 1.82) is 0 Å². The van der Waals surface area contributed by atoms with Crippen LogP contribution in [-0.4, -0.2) is 16.8 Å². The molecule has 0 saturated carbocycles. The van der Waals surface area contributed by atoms with Crippen LogP contribution in [-0.2, 0) is 10.5 Å². The molecule has 5 heteroatoms. The van der Waals surface area contributed by atoms with Gasteiger partial charge < -0.3 is 5.11 Å². The molecule has 0 aliphatic carbocycles. The van der Waals surface area contributed by atoms with E-state index in [9.17, 15) is 9.18 Å². The number of hydrogen-bond donors (Lipinski definition) is 1. The smallest absolute Gasteiger partial charge is 0.307 e. The van der Waals surface area contributed by atoms with Crippen molar-refractivity contribution in [2.45, 2.75) is 12.7 Å². The van der Waals surface area contributed by atoms with Crippen LogP contribution in [0.25, 0.3) is 0 Å². The molecular weight excluding hydrogens is 251 g/mol. The van der Waals surface area contributed by atoms with Gasteiger partial charge in [0.2, 0.25) is 0 Å². The zero-order valence-corrected chi connectivity index (χ0v) is 10.3. The summed E-state index contributed by atoms with van der Waals surface area (Å²) in [5, 5.41) is 8.78. The van der Waals surface area contributed by atoms with Crippen LogP contribution in [0.3, 0.4) is 0 Å². The molecule has 1 atom stereocenters. The lowest BCUT2D eigenvalue weighted by Crippen LogP contribution is -2.11. The van der Waals surface area contributed by atoms with Crippen molar-refractivity contribution in [1.82, 2.24) is 0 Å². The predicted octanol–water partition coefficient (Wildman–Crippen LogP) is 3.43. The second-order valence-corrected chi connectivity index (χ2v) is 4.94. The first-order valence-corrected chi connectivity index (χ1v) is 6.28. The van der Waals surface area contributed by atoms with Crippen molar-refractivity contribution in [3.8, 4) is 0 Å². The van der Waals surface area contributed by atoms with Crippen molar-refractivity contribution in [3.05, 3.63) is 34.6 Å². The van der Waals surface area contributed by atoms with Gasteiger partial charge in [-0.15, -0.1) is 0 Å². The Morgan fingerprint density at radius 1 is 1.62 bits per heavy atom. The molecule has 0 saturated heterocycles. The number of carbonyl (C=O) groups is 1. The third kappa shape index (κ3) is 4.02. The Hall–Kier alpha value is -0.740. The maximum atomic E-state index is 12.8. The molecule has 1 aromatic carbocycles. The van der Waals surface area contributed by atoms with Crippen molar-refractivity contribution < 1.29 is 14.3 Å². The lowest BCUT2D eigenvalue weighted by molar-refractivity contribution is -0.140. The lowest BCUT2D eigenvalue weighted by atomic mass is 10.2. The largest absolute Gasteiger partial charge is 0.481 e. The van der Waals surface area contributed by atoms with Crippen molar-refractivity contribution in [3.63, 3.8) is 0 Å². The van der Waals surface area contributed by atoms with E-state index in [1.54, 1.807) is 19.1 Å². The molecular formula is C11H12ClFO2S. The highest BCUT2D eigenvalue weighted by molar-refractivity contribution is 7.98. The van der Waals surface area contributed by atoms with E-state index in [4.69, 9.17) is 16.7 Å². The van der Waals surface area contributed by atoms with E-state index in [-0.39, 0.29) is 10.9 Å². The van der Waals surface area contributed by atoms with Gasteiger partial charge in [0.15, 0.2) is 0 Å². The molecule has 0 aliphatic heterocycles. The summed E-state index contributed by atoms with van der Waals surface area (Å²) >= 11 is 7.12. The van der Waals surface area contributed by atoms with E-state index in [1.165, 1.54) is 17.8 Å². The van der Waals surface area contributed by atoms with Crippen LogP contribution in [0.1, 0.15) is 12.5 Å². The summed E-state index contributed by atoms with van der Waals surface area (Å²) < 4.78 is 12.8. The monoisotopic (exact) mass is 262 g/mol. The zero-order valence-electron chi connectivity index (χ0n) is 8.74. The maximum absolute atomic E-state index is 12.8. The SMILES string of the molecule is CC(CSCc1ccc(F)c(Cl)c1)C(=O)O. The van der Waals surface area contributed by atoms with Crippen LogP contribution >= 0.6 is 23.4 Å². The topological polar surface area (TPSA) is 37.3 Å². The number of rotatable bonds is 5. The van der Waals surface area contributed by atoms with E-state index in [2.05, 4.69) is 0 Å². The Labute approximate surface area is 103 Å². The molecule has 1 unspecified atom stereocenters. The summed E-state index contributed by atoms with van der Waals surface area (Å²) in [6.07, 6.45) is 0. The van der Waals surface area contributed by atoms with Crippen LogP contribution in [0.15, 0.2) is 18.2 Å². The van der Waals surface area contributed by atoms with E-state index in [1.807, 2.05) is 0 Å². The van der Waals surface area contributed by atoms with Crippen LogP contribution < -0.4 is 0 Å². The first-order chi connectivity index (χ1) is 7.50. The first-order valence-electron chi connectivity index (χ1n) is 4.75. The molecule has 0 radical (unpaired) electrons. The number of carboxylic acids is 1. The normalized spacial score (nSPS) is 12.4. The summed E-state index contributed by atoms with van der Waals surface area (Å²) in [6.45, 7) is 1.66. The van der Waals surface area contributed by atoms with Crippen molar-refractivity contribution in [2.75, 3.05) is 5.75 Å². The quantitative estimate of drug-likeness (QED) is 0.883. The van der Waals surface area contributed by atoms with Gasteiger partial charge in [0.25, 0.3) is 0 Å². The van der Waals surface area contributed by atoms with Gasteiger partial charge in [-0.2, -0.15) is 11.8 Å².